The molecule has 3 N–H and O–H groups in total. The van der Waals surface area contributed by atoms with Gasteiger partial charge in [0, 0.05) is 18.5 Å². The lowest BCUT2D eigenvalue weighted by Crippen LogP contribution is -2.41. The summed E-state index contributed by atoms with van der Waals surface area (Å²) < 4.78 is 0. The Hall–Kier alpha value is -0.570. The lowest BCUT2D eigenvalue weighted by atomic mass is 9.96. The average Bonchev–Trinajstić information content (AvgIpc) is 3.08. The minimum absolute atomic E-state index is 0.0936. The number of hydrogen-bond donors (Lipinski definition) is 2. The van der Waals surface area contributed by atoms with E-state index in [1.165, 1.54) is 38.5 Å². The molecule has 0 saturated heterocycles. The summed E-state index contributed by atoms with van der Waals surface area (Å²) >= 11 is 0. The molecule has 98 valence electrons. The largest absolute Gasteiger partial charge is 0.353 e. The smallest absolute Gasteiger partial charge is 0.221 e. The predicted octanol–water partition coefficient (Wildman–Crippen LogP) is 2.20. The second-order valence-electron chi connectivity index (χ2n) is 5.99. The molecule has 0 heterocycles. The van der Waals surface area contributed by atoms with Crippen LogP contribution in [-0.4, -0.2) is 18.0 Å². The van der Waals surface area contributed by atoms with Crippen LogP contribution >= 0.6 is 0 Å². The minimum Gasteiger partial charge on any atom is -0.353 e. The van der Waals surface area contributed by atoms with Gasteiger partial charge >= 0.3 is 0 Å². The van der Waals surface area contributed by atoms with Crippen LogP contribution in [0.1, 0.15) is 58.3 Å². The van der Waals surface area contributed by atoms with Crippen LogP contribution in [0.4, 0.5) is 0 Å². The molecule has 2 aliphatic carbocycles. The molecule has 3 unspecified atom stereocenters. The fourth-order valence-corrected chi connectivity index (χ4v) is 2.88. The van der Waals surface area contributed by atoms with E-state index in [-0.39, 0.29) is 11.9 Å². The van der Waals surface area contributed by atoms with Crippen molar-refractivity contribution in [2.24, 2.45) is 17.6 Å². The summed E-state index contributed by atoms with van der Waals surface area (Å²) in [5.41, 5.74) is 5.99. The number of rotatable bonds is 4. The summed E-state index contributed by atoms with van der Waals surface area (Å²) in [7, 11) is 0. The van der Waals surface area contributed by atoms with E-state index in [1.54, 1.807) is 0 Å². The van der Waals surface area contributed by atoms with Gasteiger partial charge in [0.05, 0.1) is 0 Å². The first kappa shape index (κ1) is 12.9. The molecule has 2 aliphatic rings. The summed E-state index contributed by atoms with van der Waals surface area (Å²) in [6.07, 6.45) is 9.24. The summed E-state index contributed by atoms with van der Waals surface area (Å²) in [5, 5.41) is 3.20. The van der Waals surface area contributed by atoms with Crippen LogP contribution in [0.15, 0.2) is 0 Å². The quantitative estimate of drug-likeness (QED) is 0.738. The van der Waals surface area contributed by atoms with E-state index in [4.69, 9.17) is 5.73 Å². The minimum atomic E-state index is 0.0936. The number of carbonyl (C=O) groups excluding carboxylic acids is 1. The van der Waals surface area contributed by atoms with Crippen molar-refractivity contribution in [3.8, 4) is 0 Å². The Bertz CT molecular complexity index is 263. The fourth-order valence-electron chi connectivity index (χ4n) is 2.88. The van der Waals surface area contributed by atoms with Crippen molar-refractivity contribution < 1.29 is 4.79 Å². The first-order valence-corrected chi connectivity index (χ1v) is 7.21. The van der Waals surface area contributed by atoms with Crippen LogP contribution in [0.3, 0.4) is 0 Å². The van der Waals surface area contributed by atoms with Crippen LogP contribution in [0.2, 0.25) is 0 Å². The molecule has 0 aliphatic heterocycles. The zero-order valence-electron chi connectivity index (χ0n) is 11.0. The van der Waals surface area contributed by atoms with Crippen molar-refractivity contribution in [3.63, 3.8) is 0 Å². The molecule has 0 aromatic heterocycles. The highest BCUT2D eigenvalue weighted by Gasteiger charge is 2.30. The van der Waals surface area contributed by atoms with Gasteiger partial charge in [0.1, 0.15) is 0 Å². The Balaban J connectivity index is 1.75. The van der Waals surface area contributed by atoms with Crippen LogP contribution in [0, 0.1) is 11.8 Å². The zero-order valence-corrected chi connectivity index (χ0v) is 11.0. The van der Waals surface area contributed by atoms with Crippen LogP contribution in [0.5, 0.6) is 0 Å². The Labute approximate surface area is 105 Å². The maximum Gasteiger partial charge on any atom is 0.221 e. The third-order valence-corrected chi connectivity index (χ3v) is 4.36. The Morgan fingerprint density at radius 1 is 1.24 bits per heavy atom. The highest BCUT2D eigenvalue weighted by molar-refractivity contribution is 5.77. The van der Waals surface area contributed by atoms with Crippen LogP contribution in [-0.2, 0) is 4.79 Å². The van der Waals surface area contributed by atoms with E-state index in [1.807, 2.05) is 0 Å². The van der Waals surface area contributed by atoms with Crippen molar-refractivity contribution in [3.05, 3.63) is 0 Å². The molecule has 0 aromatic carbocycles. The molecule has 0 bridgehead atoms. The van der Waals surface area contributed by atoms with Crippen molar-refractivity contribution in [2.75, 3.05) is 0 Å². The molecule has 17 heavy (non-hydrogen) atoms. The van der Waals surface area contributed by atoms with Gasteiger partial charge in [-0.2, -0.15) is 0 Å². The second-order valence-corrected chi connectivity index (χ2v) is 5.99. The molecule has 3 nitrogen and oxygen atoms in total. The normalized spacial score (nSPS) is 31.6. The van der Waals surface area contributed by atoms with Crippen LogP contribution in [0.25, 0.3) is 0 Å². The molecule has 0 aromatic rings. The molecule has 2 rings (SSSR count). The lowest BCUT2D eigenvalue weighted by Gasteiger charge is -2.23. The molecule has 2 fully saturated rings. The molecule has 0 spiro atoms. The Morgan fingerprint density at radius 3 is 2.65 bits per heavy atom. The predicted molar refractivity (Wildman–Crippen MR) is 69.5 cm³/mol. The summed E-state index contributed by atoms with van der Waals surface area (Å²) in [5.74, 6) is 1.41. The maximum atomic E-state index is 11.9. The average molecular weight is 238 g/mol. The summed E-state index contributed by atoms with van der Waals surface area (Å²) in [4.78, 5) is 11.9. The summed E-state index contributed by atoms with van der Waals surface area (Å²) in [6, 6.07) is 0.479. The number of nitrogens with two attached hydrogens (primary N) is 1. The van der Waals surface area contributed by atoms with Gasteiger partial charge in [-0.25, -0.2) is 0 Å². The van der Waals surface area contributed by atoms with Gasteiger partial charge in [-0.3, -0.25) is 4.79 Å². The van der Waals surface area contributed by atoms with Gasteiger partial charge in [0.2, 0.25) is 5.91 Å². The van der Waals surface area contributed by atoms with E-state index < -0.39 is 0 Å². The van der Waals surface area contributed by atoms with E-state index in [0.717, 1.165) is 6.42 Å². The van der Waals surface area contributed by atoms with E-state index in [2.05, 4.69) is 12.2 Å². The standard InChI is InChI=1S/C14H26N2O/c1-10-5-3-2-4-6-13(10)16-14(17)9-12(15)11-7-8-11/h10-13H,2-9,15H2,1H3,(H,16,17). The maximum absolute atomic E-state index is 11.9. The Morgan fingerprint density at radius 2 is 1.94 bits per heavy atom. The molecule has 2 saturated carbocycles. The number of amides is 1. The van der Waals surface area contributed by atoms with E-state index in [0.29, 0.717) is 24.3 Å². The number of nitrogens with one attached hydrogen (secondary N) is 1. The molecule has 3 atom stereocenters. The topological polar surface area (TPSA) is 55.1 Å². The van der Waals surface area contributed by atoms with Gasteiger partial charge in [-0.1, -0.05) is 26.2 Å². The van der Waals surface area contributed by atoms with Gasteiger partial charge in [-0.15, -0.1) is 0 Å². The van der Waals surface area contributed by atoms with E-state index in [9.17, 15) is 4.79 Å². The van der Waals surface area contributed by atoms with Crippen molar-refractivity contribution >= 4 is 5.91 Å². The van der Waals surface area contributed by atoms with Crippen molar-refractivity contribution in [2.45, 2.75) is 70.4 Å². The lowest BCUT2D eigenvalue weighted by molar-refractivity contribution is -0.122. The zero-order chi connectivity index (χ0) is 12.3. The van der Waals surface area contributed by atoms with Crippen LogP contribution < -0.4 is 11.1 Å². The van der Waals surface area contributed by atoms with Gasteiger partial charge in [0.25, 0.3) is 0 Å². The fraction of sp³-hybridized carbons (Fsp3) is 0.929. The second kappa shape index (κ2) is 5.85. The Kier molecular flexibility index (Phi) is 4.43. The first-order chi connectivity index (χ1) is 8.16. The van der Waals surface area contributed by atoms with E-state index >= 15 is 0 Å². The highest BCUT2D eigenvalue weighted by atomic mass is 16.1. The molecule has 1 amide bonds. The third kappa shape index (κ3) is 3.98. The molecular weight excluding hydrogens is 212 g/mol. The highest BCUT2D eigenvalue weighted by Crippen LogP contribution is 2.32. The molecule has 0 radical (unpaired) electrons. The van der Waals surface area contributed by atoms with Gasteiger partial charge < -0.3 is 11.1 Å². The SMILES string of the molecule is CC1CCCCCC1NC(=O)CC(N)C1CC1. The van der Waals surface area contributed by atoms with Crippen molar-refractivity contribution in [1.82, 2.24) is 5.32 Å². The molecule has 3 heteroatoms. The monoisotopic (exact) mass is 238 g/mol. The van der Waals surface area contributed by atoms with Crippen molar-refractivity contribution in [1.29, 1.82) is 0 Å². The first-order valence-electron chi connectivity index (χ1n) is 7.21. The summed E-state index contributed by atoms with van der Waals surface area (Å²) in [6.45, 7) is 2.26. The van der Waals surface area contributed by atoms with Gasteiger partial charge in [-0.05, 0) is 37.5 Å². The molecular formula is C14H26N2O. The van der Waals surface area contributed by atoms with Gasteiger partial charge in [0.15, 0.2) is 0 Å². The third-order valence-electron chi connectivity index (χ3n) is 4.36. The number of carbonyl (C=O) groups is 1. The number of hydrogen-bond acceptors (Lipinski definition) is 2.